The Morgan fingerprint density at radius 1 is 0.958 bits per heavy atom. The number of anilines is 1. The van der Waals surface area contributed by atoms with Crippen molar-refractivity contribution in [2.45, 2.75) is 78.1 Å². The molecule has 134 valence electrons. The molecule has 1 rings (SSSR count). The van der Waals surface area contributed by atoms with Gasteiger partial charge in [0, 0.05) is 17.8 Å². The Labute approximate surface area is 145 Å². The quantitative estimate of drug-likeness (QED) is 0.199. The highest BCUT2D eigenvalue weighted by molar-refractivity contribution is 5.85. The summed E-state index contributed by atoms with van der Waals surface area (Å²) in [5.74, 6) is 0. The minimum absolute atomic E-state index is 0.101. The van der Waals surface area contributed by atoms with Gasteiger partial charge in [-0.1, -0.05) is 52.4 Å². The molecular weight excluding hydrogens is 302 g/mol. The van der Waals surface area contributed by atoms with Gasteiger partial charge in [0.2, 0.25) is 0 Å². The Balaban J connectivity index is 2.55. The smallest absolute Gasteiger partial charge is 0.269 e. The summed E-state index contributed by atoms with van der Waals surface area (Å²) in [7, 11) is 0. The summed E-state index contributed by atoms with van der Waals surface area (Å²) in [4.78, 5) is 10.3. The van der Waals surface area contributed by atoms with Crippen LogP contribution in [0.15, 0.2) is 29.4 Å². The van der Waals surface area contributed by atoms with E-state index in [1.54, 1.807) is 12.1 Å². The van der Waals surface area contributed by atoms with Crippen LogP contribution in [-0.2, 0) is 0 Å². The van der Waals surface area contributed by atoms with Crippen LogP contribution < -0.4 is 5.43 Å². The molecule has 0 aliphatic carbocycles. The molecule has 1 aromatic carbocycles. The third kappa shape index (κ3) is 8.65. The first kappa shape index (κ1) is 20.1. The van der Waals surface area contributed by atoms with Gasteiger partial charge >= 0.3 is 0 Å². The minimum Gasteiger partial charge on any atom is -0.279 e. The van der Waals surface area contributed by atoms with Crippen molar-refractivity contribution in [3.8, 4) is 0 Å². The van der Waals surface area contributed by atoms with Gasteiger partial charge in [-0.3, -0.25) is 15.5 Å². The maximum atomic E-state index is 10.7. The summed E-state index contributed by atoms with van der Waals surface area (Å²) in [6, 6.07) is 6.40. The average molecular weight is 333 g/mol. The molecule has 0 atom stereocenters. The number of non-ortho nitro benzene ring substituents is 1. The van der Waals surface area contributed by atoms with Crippen LogP contribution in [0.1, 0.15) is 78.1 Å². The van der Waals surface area contributed by atoms with Crippen molar-refractivity contribution >= 4 is 17.1 Å². The molecule has 5 nitrogen and oxygen atoms in total. The molecule has 0 saturated heterocycles. The van der Waals surface area contributed by atoms with E-state index < -0.39 is 0 Å². The van der Waals surface area contributed by atoms with E-state index in [2.05, 4.69) is 24.4 Å². The van der Waals surface area contributed by atoms with E-state index in [4.69, 9.17) is 0 Å². The van der Waals surface area contributed by atoms with Gasteiger partial charge in [0.1, 0.15) is 0 Å². The number of benzene rings is 1. The second kappa shape index (κ2) is 12.5. The fourth-order valence-electron chi connectivity index (χ4n) is 2.55. The maximum absolute atomic E-state index is 10.7. The van der Waals surface area contributed by atoms with Crippen molar-refractivity contribution in [3.63, 3.8) is 0 Å². The van der Waals surface area contributed by atoms with Crippen molar-refractivity contribution in [2.75, 3.05) is 5.43 Å². The summed E-state index contributed by atoms with van der Waals surface area (Å²) in [5.41, 5.74) is 5.16. The molecule has 0 spiro atoms. The Kier molecular flexibility index (Phi) is 10.5. The van der Waals surface area contributed by atoms with E-state index in [0.29, 0.717) is 0 Å². The van der Waals surface area contributed by atoms with Crippen molar-refractivity contribution in [3.05, 3.63) is 34.4 Å². The molecular formula is C19H31N3O2. The van der Waals surface area contributed by atoms with Crippen LogP contribution in [0.5, 0.6) is 0 Å². The Morgan fingerprint density at radius 3 is 1.96 bits per heavy atom. The van der Waals surface area contributed by atoms with Gasteiger partial charge in [-0.25, -0.2) is 0 Å². The number of nitrogens with zero attached hydrogens (tertiary/aromatic N) is 2. The fourth-order valence-corrected chi connectivity index (χ4v) is 2.55. The molecule has 0 aromatic heterocycles. The van der Waals surface area contributed by atoms with Crippen molar-refractivity contribution in [1.29, 1.82) is 0 Å². The monoisotopic (exact) mass is 333 g/mol. The van der Waals surface area contributed by atoms with E-state index in [1.165, 1.54) is 69.2 Å². The largest absolute Gasteiger partial charge is 0.279 e. The number of rotatable bonds is 13. The third-order valence-electron chi connectivity index (χ3n) is 4.06. The number of nitro groups is 1. The van der Waals surface area contributed by atoms with Gasteiger partial charge < -0.3 is 0 Å². The zero-order valence-corrected chi connectivity index (χ0v) is 15.1. The van der Waals surface area contributed by atoms with Crippen LogP contribution >= 0.6 is 0 Å². The molecule has 1 N–H and O–H groups in total. The topological polar surface area (TPSA) is 67.5 Å². The van der Waals surface area contributed by atoms with Gasteiger partial charge in [-0.05, 0) is 37.8 Å². The molecule has 0 aliphatic rings. The maximum Gasteiger partial charge on any atom is 0.269 e. The van der Waals surface area contributed by atoms with Gasteiger partial charge in [0.25, 0.3) is 5.69 Å². The number of nitrogens with one attached hydrogen (secondary N) is 1. The third-order valence-corrected chi connectivity index (χ3v) is 4.06. The number of nitro benzene ring substituents is 1. The zero-order valence-electron chi connectivity index (χ0n) is 15.1. The molecule has 24 heavy (non-hydrogen) atoms. The SMILES string of the molecule is CCCCCCC(CCCCCC)=NNc1ccc([N+](=O)[O-])cc1. The Morgan fingerprint density at radius 2 is 1.50 bits per heavy atom. The van der Waals surface area contributed by atoms with Crippen molar-refractivity contribution in [2.24, 2.45) is 5.10 Å². The highest BCUT2D eigenvalue weighted by Gasteiger charge is 2.04. The second-order valence-electron chi connectivity index (χ2n) is 6.22. The highest BCUT2D eigenvalue weighted by atomic mass is 16.6. The molecule has 0 unspecified atom stereocenters. The molecule has 0 fully saturated rings. The van der Waals surface area contributed by atoms with E-state index >= 15 is 0 Å². The molecule has 0 radical (unpaired) electrons. The molecule has 0 bridgehead atoms. The lowest BCUT2D eigenvalue weighted by atomic mass is 10.0. The Bertz CT molecular complexity index is 484. The summed E-state index contributed by atoms with van der Waals surface area (Å²) in [6.45, 7) is 4.44. The van der Waals surface area contributed by atoms with Crippen LogP contribution in [0.3, 0.4) is 0 Å². The van der Waals surface area contributed by atoms with Crippen LogP contribution in [-0.4, -0.2) is 10.6 Å². The van der Waals surface area contributed by atoms with Gasteiger partial charge in [0.05, 0.1) is 10.6 Å². The molecule has 5 heteroatoms. The van der Waals surface area contributed by atoms with Crippen LogP contribution in [0.4, 0.5) is 11.4 Å². The van der Waals surface area contributed by atoms with Gasteiger partial charge in [-0.15, -0.1) is 0 Å². The summed E-state index contributed by atoms with van der Waals surface area (Å²) in [6.07, 6.45) is 12.0. The predicted molar refractivity (Wildman–Crippen MR) is 102 cm³/mol. The first-order valence-electron chi connectivity index (χ1n) is 9.23. The summed E-state index contributed by atoms with van der Waals surface area (Å²) in [5, 5.41) is 15.2. The number of unbranched alkanes of at least 4 members (excludes halogenated alkanes) is 6. The van der Waals surface area contributed by atoms with Crippen LogP contribution in [0.2, 0.25) is 0 Å². The van der Waals surface area contributed by atoms with E-state index in [1.807, 2.05) is 0 Å². The predicted octanol–water partition coefficient (Wildman–Crippen LogP) is 6.30. The lowest BCUT2D eigenvalue weighted by Crippen LogP contribution is -2.03. The van der Waals surface area contributed by atoms with Gasteiger partial charge in [0.15, 0.2) is 0 Å². The van der Waals surface area contributed by atoms with Crippen LogP contribution in [0.25, 0.3) is 0 Å². The second-order valence-corrected chi connectivity index (χ2v) is 6.22. The zero-order chi connectivity index (χ0) is 17.6. The molecule has 0 saturated carbocycles. The minimum atomic E-state index is -0.389. The standard InChI is InChI=1S/C19H31N3O2/c1-3-5-7-9-11-17(12-10-8-6-4-2)20-21-18-13-15-19(16-14-18)22(23)24/h13-16,21H,3-12H2,1-2H3. The fraction of sp³-hybridized carbons (Fsp3) is 0.632. The van der Waals surface area contributed by atoms with Crippen molar-refractivity contribution in [1.82, 2.24) is 0 Å². The molecule has 1 aromatic rings. The molecule has 0 aliphatic heterocycles. The van der Waals surface area contributed by atoms with E-state index in [-0.39, 0.29) is 10.6 Å². The van der Waals surface area contributed by atoms with Crippen molar-refractivity contribution < 1.29 is 4.92 Å². The van der Waals surface area contributed by atoms with E-state index in [9.17, 15) is 10.1 Å². The first-order valence-corrected chi connectivity index (χ1v) is 9.23. The molecule has 0 heterocycles. The first-order chi connectivity index (χ1) is 11.7. The molecule has 0 amide bonds. The Hall–Kier alpha value is -1.91. The van der Waals surface area contributed by atoms with Gasteiger partial charge in [-0.2, -0.15) is 5.10 Å². The normalized spacial score (nSPS) is 10.4. The summed E-state index contributed by atoms with van der Waals surface area (Å²) < 4.78 is 0. The average Bonchev–Trinajstić information content (AvgIpc) is 2.59. The number of hydrazone groups is 1. The number of hydrogen-bond acceptors (Lipinski definition) is 4. The lowest BCUT2D eigenvalue weighted by Gasteiger charge is -2.08. The lowest BCUT2D eigenvalue weighted by molar-refractivity contribution is -0.384. The number of hydrogen-bond donors (Lipinski definition) is 1. The van der Waals surface area contributed by atoms with Crippen LogP contribution in [0, 0.1) is 10.1 Å². The summed E-state index contributed by atoms with van der Waals surface area (Å²) >= 11 is 0. The van der Waals surface area contributed by atoms with E-state index in [0.717, 1.165) is 18.5 Å². The highest BCUT2D eigenvalue weighted by Crippen LogP contribution is 2.16.